The van der Waals surface area contributed by atoms with Crippen molar-refractivity contribution in [3.8, 4) is 0 Å². The van der Waals surface area contributed by atoms with Crippen molar-refractivity contribution in [1.82, 2.24) is 15.6 Å². The van der Waals surface area contributed by atoms with Crippen LogP contribution in [0.5, 0.6) is 0 Å². The Balaban J connectivity index is 1.59. The average molecular weight is 273 g/mol. The second-order valence-electron chi connectivity index (χ2n) is 5.41. The summed E-state index contributed by atoms with van der Waals surface area (Å²) in [6.45, 7) is 1.04. The van der Waals surface area contributed by atoms with Gasteiger partial charge in [-0.1, -0.05) is 0 Å². The van der Waals surface area contributed by atoms with Gasteiger partial charge in [-0.15, -0.1) is 11.3 Å². The summed E-state index contributed by atoms with van der Waals surface area (Å²) in [6, 6.07) is 4.73. The smallest absolute Gasteiger partial charge is 0.252 e. The minimum absolute atomic E-state index is 0.0448. The molecule has 1 saturated carbocycles. The first kappa shape index (κ1) is 11.4. The van der Waals surface area contributed by atoms with Crippen molar-refractivity contribution in [2.45, 2.75) is 24.9 Å². The van der Waals surface area contributed by atoms with Gasteiger partial charge in [0.25, 0.3) is 5.91 Å². The summed E-state index contributed by atoms with van der Waals surface area (Å²) in [5, 5.41) is 9.62. The minimum Gasteiger partial charge on any atom is -0.349 e. The Kier molecular flexibility index (Phi) is 2.56. The SMILES string of the molecule is O=C(NC1CC2CC1CN2)c1ccnc2sccc12. The lowest BCUT2D eigenvalue weighted by Gasteiger charge is -2.23. The van der Waals surface area contributed by atoms with Gasteiger partial charge < -0.3 is 10.6 Å². The van der Waals surface area contributed by atoms with Crippen molar-refractivity contribution in [2.24, 2.45) is 5.92 Å². The molecule has 0 aromatic carbocycles. The molecule has 2 N–H and O–H groups in total. The van der Waals surface area contributed by atoms with Gasteiger partial charge in [-0.25, -0.2) is 4.98 Å². The zero-order valence-corrected chi connectivity index (χ0v) is 11.2. The molecule has 1 amide bonds. The summed E-state index contributed by atoms with van der Waals surface area (Å²) in [5.41, 5.74) is 0.752. The van der Waals surface area contributed by atoms with Crippen LogP contribution in [0, 0.1) is 5.92 Å². The predicted molar refractivity (Wildman–Crippen MR) is 75.4 cm³/mol. The third kappa shape index (κ3) is 1.84. The fraction of sp³-hybridized carbons (Fsp3) is 0.429. The Hall–Kier alpha value is -1.46. The van der Waals surface area contributed by atoms with Crippen LogP contribution in [0.25, 0.3) is 10.2 Å². The van der Waals surface area contributed by atoms with Crippen molar-refractivity contribution < 1.29 is 4.79 Å². The van der Waals surface area contributed by atoms with Gasteiger partial charge in [0.1, 0.15) is 4.83 Å². The Morgan fingerprint density at radius 2 is 2.37 bits per heavy atom. The number of nitrogens with one attached hydrogen (secondary N) is 2. The number of hydrogen-bond acceptors (Lipinski definition) is 4. The molecule has 0 radical (unpaired) electrons. The second kappa shape index (κ2) is 4.28. The fourth-order valence-electron chi connectivity index (χ4n) is 3.33. The van der Waals surface area contributed by atoms with E-state index in [0.29, 0.717) is 18.0 Å². The lowest BCUT2D eigenvalue weighted by molar-refractivity contribution is 0.0926. The quantitative estimate of drug-likeness (QED) is 0.877. The van der Waals surface area contributed by atoms with Crippen molar-refractivity contribution in [1.29, 1.82) is 0 Å². The summed E-state index contributed by atoms with van der Waals surface area (Å²) in [4.78, 5) is 17.6. The molecule has 2 aliphatic rings. The van der Waals surface area contributed by atoms with E-state index in [9.17, 15) is 4.79 Å². The molecule has 2 bridgehead atoms. The van der Waals surface area contributed by atoms with Crippen LogP contribution in [0.3, 0.4) is 0 Å². The standard InChI is InChI=1S/C14H15N3OS/c18-13(17-12-6-9-5-8(12)7-16-9)10-1-3-15-14-11(10)2-4-19-14/h1-4,8-9,12,16H,5-7H2,(H,17,18). The van der Waals surface area contributed by atoms with Crippen LogP contribution in [0.4, 0.5) is 0 Å². The van der Waals surface area contributed by atoms with Gasteiger partial charge in [-0.05, 0) is 36.3 Å². The highest BCUT2D eigenvalue weighted by atomic mass is 32.1. The summed E-state index contributed by atoms with van der Waals surface area (Å²) in [5.74, 6) is 0.650. The van der Waals surface area contributed by atoms with Gasteiger partial charge in [-0.3, -0.25) is 4.79 Å². The van der Waals surface area contributed by atoms with E-state index in [0.717, 1.165) is 28.7 Å². The first-order chi connectivity index (χ1) is 9.31. The van der Waals surface area contributed by atoms with E-state index in [1.165, 1.54) is 6.42 Å². The Labute approximate surface area is 115 Å². The van der Waals surface area contributed by atoms with Crippen molar-refractivity contribution in [2.75, 3.05) is 6.54 Å². The van der Waals surface area contributed by atoms with E-state index in [-0.39, 0.29) is 5.91 Å². The van der Waals surface area contributed by atoms with Gasteiger partial charge in [0.05, 0.1) is 5.56 Å². The monoisotopic (exact) mass is 273 g/mol. The number of amides is 1. The average Bonchev–Trinajstić information content (AvgIpc) is 3.13. The molecular formula is C14H15N3OS. The first-order valence-electron chi connectivity index (χ1n) is 6.68. The summed E-state index contributed by atoms with van der Waals surface area (Å²) < 4.78 is 0. The number of nitrogens with zero attached hydrogens (tertiary/aromatic N) is 1. The molecule has 1 aliphatic heterocycles. The Morgan fingerprint density at radius 1 is 1.42 bits per heavy atom. The third-order valence-electron chi connectivity index (χ3n) is 4.29. The lowest BCUT2D eigenvalue weighted by Crippen LogP contribution is -2.44. The Bertz CT molecular complexity index is 638. The Morgan fingerprint density at radius 3 is 3.16 bits per heavy atom. The number of hydrogen-bond donors (Lipinski definition) is 2. The van der Waals surface area contributed by atoms with Crippen LogP contribution in [0.2, 0.25) is 0 Å². The molecule has 1 aliphatic carbocycles. The maximum Gasteiger partial charge on any atom is 0.252 e. The summed E-state index contributed by atoms with van der Waals surface area (Å²) >= 11 is 1.57. The molecule has 2 aromatic rings. The highest BCUT2D eigenvalue weighted by molar-refractivity contribution is 7.16. The van der Waals surface area contributed by atoms with Crippen LogP contribution >= 0.6 is 11.3 Å². The number of rotatable bonds is 2. The molecule has 2 fully saturated rings. The molecule has 98 valence electrons. The fourth-order valence-corrected chi connectivity index (χ4v) is 4.09. The number of fused-ring (bicyclic) bond motifs is 3. The van der Waals surface area contributed by atoms with E-state index < -0.39 is 0 Å². The third-order valence-corrected chi connectivity index (χ3v) is 5.11. The van der Waals surface area contributed by atoms with Crippen LogP contribution in [0.15, 0.2) is 23.7 Å². The molecule has 3 heterocycles. The van der Waals surface area contributed by atoms with E-state index in [4.69, 9.17) is 0 Å². The molecular weight excluding hydrogens is 258 g/mol. The zero-order valence-electron chi connectivity index (χ0n) is 10.4. The molecule has 3 unspecified atom stereocenters. The maximum atomic E-state index is 12.4. The first-order valence-corrected chi connectivity index (χ1v) is 7.55. The van der Waals surface area contributed by atoms with E-state index >= 15 is 0 Å². The van der Waals surface area contributed by atoms with Crippen LogP contribution in [-0.4, -0.2) is 29.5 Å². The molecule has 4 rings (SSSR count). The molecule has 5 heteroatoms. The number of thiophene rings is 1. The van der Waals surface area contributed by atoms with Gasteiger partial charge in [0.2, 0.25) is 0 Å². The number of piperidine rings is 1. The number of carbonyl (C=O) groups excluding carboxylic acids is 1. The van der Waals surface area contributed by atoms with Crippen LogP contribution < -0.4 is 10.6 Å². The molecule has 0 spiro atoms. The molecule has 2 aromatic heterocycles. The van der Waals surface area contributed by atoms with Gasteiger partial charge in [0.15, 0.2) is 0 Å². The van der Waals surface area contributed by atoms with E-state index in [1.807, 2.05) is 17.5 Å². The minimum atomic E-state index is 0.0448. The number of pyridine rings is 1. The lowest BCUT2D eigenvalue weighted by atomic mass is 10.0. The van der Waals surface area contributed by atoms with Gasteiger partial charge in [-0.2, -0.15) is 0 Å². The molecule has 4 nitrogen and oxygen atoms in total. The normalized spacial score (nSPS) is 28.9. The van der Waals surface area contributed by atoms with Crippen molar-refractivity contribution >= 4 is 27.5 Å². The van der Waals surface area contributed by atoms with Gasteiger partial charge >= 0.3 is 0 Å². The van der Waals surface area contributed by atoms with Crippen LogP contribution in [-0.2, 0) is 0 Å². The molecule has 3 atom stereocenters. The highest BCUT2D eigenvalue weighted by Crippen LogP contribution is 2.31. The van der Waals surface area contributed by atoms with Crippen molar-refractivity contribution in [3.05, 3.63) is 29.3 Å². The maximum absolute atomic E-state index is 12.4. The summed E-state index contributed by atoms with van der Waals surface area (Å²) in [6.07, 6.45) is 3.99. The molecule has 19 heavy (non-hydrogen) atoms. The predicted octanol–water partition coefficient (Wildman–Crippen LogP) is 1.78. The number of aromatic nitrogens is 1. The highest BCUT2D eigenvalue weighted by Gasteiger charge is 2.40. The zero-order chi connectivity index (χ0) is 12.8. The molecule has 1 saturated heterocycles. The second-order valence-corrected chi connectivity index (χ2v) is 6.31. The van der Waals surface area contributed by atoms with Gasteiger partial charge in [0, 0.05) is 30.2 Å². The number of carbonyl (C=O) groups is 1. The topological polar surface area (TPSA) is 54.0 Å². The van der Waals surface area contributed by atoms with E-state index in [2.05, 4.69) is 15.6 Å². The van der Waals surface area contributed by atoms with Crippen LogP contribution in [0.1, 0.15) is 23.2 Å². The largest absolute Gasteiger partial charge is 0.349 e. The van der Waals surface area contributed by atoms with E-state index in [1.54, 1.807) is 17.5 Å². The van der Waals surface area contributed by atoms with Crippen molar-refractivity contribution in [3.63, 3.8) is 0 Å². The summed E-state index contributed by atoms with van der Waals surface area (Å²) in [7, 11) is 0.